The van der Waals surface area contributed by atoms with Crippen molar-refractivity contribution < 1.29 is 33.4 Å². The van der Waals surface area contributed by atoms with Gasteiger partial charge in [-0.3, -0.25) is 4.79 Å². The normalized spacial score (nSPS) is 10.0. The Bertz CT molecular complexity index is 808. The lowest BCUT2D eigenvalue weighted by molar-refractivity contribution is -0.763. The Balaban J connectivity index is 2.34. The van der Waals surface area contributed by atoms with Crippen LogP contribution < -0.4 is 9.47 Å². The van der Waals surface area contributed by atoms with E-state index in [0.29, 0.717) is 0 Å². The number of hydrogen-bond acceptors (Lipinski definition) is 7. The SMILES string of the molecule is CC(=O)Oc1cc(CO[N+](=O)[O-])c(F)cc1C(=O)Oc1ccccc1. The molecule has 0 spiro atoms. The molecule has 0 heterocycles. The maximum Gasteiger partial charge on any atom is 0.347 e. The first-order valence-electron chi connectivity index (χ1n) is 6.92. The molecule has 0 radical (unpaired) electrons. The van der Waals surface area contributed by atoms with E-state index in [1.54, 1.807) is 18.2 Å². The van der Waals surface area contributed by atoms with E-state index < -0.39 is 29.4 Å². The number of ether oxygens (including phenoxy) is 2. The maximum atomic E-state index is 14.1. The van der Waals surface area contributed by atoms with Gasteiger partial charge >= 0.3 is 11.9 Å². The average Bonchev–Trinajstić information content (AvgIpc) is 2.55. The molecule has 0 N–H and O–H groups in total. The monoisotopic (exact) mass is 349 g/mol. The van der Waals surface area contributed by atoms with E-state index >= 15 is 0 Å². The second-order valence-electron chi connectivity index (χ2n) is 4.73. The number of carbonyl (C=O) groups is 2. The van der Waals surface area contributed by atoms with Gasteiger partial charge in [-0.2, -0.15) is 0 Å². The van der Waals surface area contributed by atoms with Gasteiger partial charge in [0.15, 0.2) is 0 Å². The van der Waals surface area contributed by atoms with Crippen LogP contribution in [0, 0.1) is 15.9 Å². The lowest BCUT2D eigenvalue weighted by Crippen LogP contribution is -2.14. The number of esters is 2. The highest BCUT2D eigenvalue weighted by Crippen LogP contribution is 2.26. The first-order chi connectivity index (χ1) is 11.9. The molecule has 0 aliphatic carbocycles. The number of rotatable bonds is 6. The third-order valence-corrected chi connectivity index (χ3v) is 2.90. The van der Waals surface area contributed by atoms with Crippen LogP contribution in [0.15, 0.2) is 42.5 Å². The van der Waals surface area contributed by atoms with Crippen LogP contribution in [-0.2, 0) is 16.2 Å². The second kappa shape index (κ2) is 7.86. The van der Waals surface area contributed by atoms with Crippen LogP contribution in [0.5, 0.6) is 11.5 Å². The summed E-state index contributed by atoms with van der Waals surface area (Å²) in [5, 5.41) is 9.13. The van der Waals surface area contributed by atoms with Gasteiger partial charge in [0.05, 0.1) is 0 Å². The summed E-state index contributed by atoms with van der Waals surface area (Å²) < 4.78 is 24.0. The molecule has 8 nitrogen and oxygen atoms in total. The summed E-state index contributed by atoms with van der Waals surface area (Å²) in [6.45, 7) is 0.379. The van der Waals surface area contributed by atoms with E-state index in [1.165, 1.54) is 12.1 Å². The highest BCUT2D eigenvalue weighted by molar-refractivity contribution is 5.95. The molecule has 0 aliphatic rings. The minimum Gasteiger partial charge on any atom is -0.426 e. The van der Waals surface area contributed by atoms with Crippen LogP contribution in [0.3, 0.4) is 0 Å². The fourth-order valence-electron chi connectivity index (χ4n) is 1.88. The Morgan fingerprint density at radius 3 is 2.44 bits per heavy atom. The van der Waals surface area contributed by atoms with Crippen molar-refractivity contribution in [2.45, 2.75) is 13.5 Å². The average molecular weight is 349 g/mol. The van der Waals surface area contributed by atoms with Crippen LogP contribution in [0.1, 0.15) is 22.8 Å². The molecule has 2 aromatic rings. The molecular formula is C16H12FNO7. The first-order valence-corrected chi connectivity index (χ1v) is 6.92. The van der Waals surface area contributed by atoms with Crippen LogP contribution >= 0.6 is 0 Å². The van der Waals surface area contributed by atoms with Crippen molar-refractivity contribution in [2.24, 2.45) is 0 Å². The molecule has 0 fully saturated rings. The lowest BCUT2D eigenvalue weighted by Gasteiger charge is -2.11. The summed E-state index contributed by atoms with van der Waals surface area (Å²) in [6.07, 6.45) is 0. The molecule has 2 aromatic carbocycles. The molecule has 9 heteroatoms. The molecule has 0 amide bonds. The topological polar surface area (TPSA) is 105 Å². The molecule has 0 bridgehead atoms. The van der Waals surface area contributed by atoms with Gasteiger partial charge in [-0.05, 0) is 24.3 Å². The third-order valence-electron chi connectivity index (χ3n) is 2.90. The minimum absolute atomic E-state index is 0.211. The van der Waals surface area contributed by atoms with Crippen LogP contribution in [0.4, 0.5) is 4.39 Å². The Morgan fingerprint density at radius 1 is 1.16 bits per heavy atom. The molecule has 130 valence electrons. The number of halogens is 1. The van der Waals surface area contributed by atoms with Gasteiger partial charge < -0.3 is 14.3 Å². The highest BCUT2D eigenvalue weighted by atomic mass is 19.1. The smallest absolute Gasteiger partial charge is 0.347 e. The van der Waals surface area contributed by atoms with Crippen LogP contribution in [-0.4, -0.2) is 17.0 Å². The Hall–Kier alpha value is -3.49. The van der Waals surface area contributed by atoms with Gasteiger partial charge in [0.25, 0.3) is 5.09 Å². The molecule has 0 unspecified atom stereocenters. The molecule has 0 saturated heterocycles. The second-order valence-corrected chi connectivity index (χ2v) is 4.73. The van der Waals surface area contributed by atoms with Gasteiger partial charge in [0, 0.05) is 12.5 Å². The van der Waals surface area contributed by atoms with Crippen molar-refractivity contribution in [3.05, 3.63) is 69.5 Å². The largest absolute Gasteiger partial charge is 0.426 e. The van der Waals surface area contributed by atoms with E-state index in [-0.39, 0.29) is 22.6 Å². The highest BCUT2D eigenvalue weighted by Gasteiger charge is 2.21. The van der Waals surface area contributed by atoms with E-state index in [0.717, 1.165) is 19.1 Å². The van der Waals surface area contributed by atoms with Gasteiger partial charge in [-0.25, -0.2) is 9.18 Å². The number of nitrogens with zero attached hydrogens (tertiary/aromatic N) is 1. The van der Waals surface area contributed by atoms with Crippen molar-refractivity contribution in [2.75, 3.05) is 0 Å². The standard InChI is InChI=1S/C16H12FNO7/c1-10(19)24-15-7-11(9-23-18(21)22)14(17)8-13(15)16(20)25-12-5-3-2-4-6-12/h2-8H,9H2,1H3. The molecule has 0 saturated carbocycles. The summed E-state index contributed by atoms with van der Waals surface area (Å²) in [5.74, 6) is -2.75. The van der Waals surface area contributed by atoms with Crippen molar-refractivity contribution in [3.8, 4) is 11.5 Å². The Morgan fingerprint density at radius 2 is 1.84 bits per heavy atom. The van der Waals surface area contributed by atoms with Crippen LogP contribution in [0.2, 0.25) is 0 Å². The summed E-state index contributed by atoms with van der Waals surface area (Å²) in [5.41, 5.74) is -0.606. The number of benzene rings is 2. The number of carbonyl (C=O) groups excluding carboxylic acids is 2. The number of hydrogen-bond donors (Lipinski definition) is 0. The van der Waals surface area contributed by atoms with Crippen molar-refractivity contribution in [3.63, 3.8) is 0 Å². The summed E-state index contributed by atoms with van der Waals surface area (Å²) in [7, 11) is 0. The zero-order valence-electron chi connectivity index (χ0n) is 12.9. The molecule has 25 heavy (non-hydrogen) atoms. The molecule has 2 rings (SSSR count). The maximum absolute atomic E-state index is 14.1. The van der Waals surface area contributed by atoms with Gasteiger partial charge in [-0.1, -0.05) is 18.2 Å². The minimum atomic E-state index is -1.09. The van der Waals surface area contributed by atoms with Crippen LogP contribution in [0.25, 0.3) is 0 Å². The zero-order valence-corrected chi connectivity index (χ0v) is 12.9. The van der Waals surface area contributed by atoms with E-state index in [4.69, 9.17) is 9.47 Å². The zero-order chi connectivity index (χ0) is 18.4. The molecular weight excluding hydrogens is 337 g/mol. The summed E-state index contributed by atoms with van der Waals surface area (Å²) in [4.78, 5) is 37.7. The molecule has 0 aliphatic heterocycles. The lowest BCUT2D eigenvalue weighted by atomic mass is 10.1. The van der Waals surface area contributed by atoms with Gasteiger partial charge in [0.1, 0.15) is 29.5 Å². The van der Waals surface area contributed by atoms with E-state index in [1.807, 2.05) is 0 Å². The number of para-hydroxylation sites is 1. The first kappa shape index (κ1) is 17.9. The predicted octanol–water partition coefficient (Wildman–Crippen LogP) is 2.68. The quantitative estimate of drug-likeness (QED) is 0.342. The fraction of sp³-hybridized carbons (Fsp3) is 0.125. The predicted molar refractivity (Wildman–Crippen MR) is 80.9 cm³/mol. The fourth-order valence-corrected chi connectivity index (χ4v) is 1.88. The van der Waals surface area contributed by atoms with E-state index in [9.17, 15) is 24.1 Å². The third kappa shape index (κ3) is 4.99. The van der Waals surface area contributed by atoms with Crippen molar-refractivity contribution in [1.82, 2.24) is 0 Å². The summed E-state index contributed by atoms with van der Waals surface area (Å²) in [6, 6.07) is 9.75. The summed E-state index contributed by atoms with van der Waals surface area (Å²) >= 11 is 0. The Labute approximate surface area is 140 Å². The van der Waals surface area contributed by atoms with Gasteiger partial charge in [0.2, 0.25) is 0 Å². The Kier molecular flexibility index (Phi) is 5.62. The van der Waals surface area contributed by atoms with Gasteiger partial charge in [-0.15, -0.1) is 10.1 Å². The van der Waals surface area contributed by atoms with E-state index in [2.05, 4.69) is 4.84 Å². The van der Waals surface area contributed by atoms with Crippen molar-refractivity contribution in [1.29, 1.82) is 0 Å². The molecule has 0 atom stereocenters. The molecule has 0 aromatic heterocycles. The van der Waals surface area contributed by atoms with Crippen molar-refractivity contribution >= 4 is 11.9 Å².